The number of rotatable bonds is 2. The van der Waals surface area contributed by atoms with Gasteiger partial charge in [-0.05, 0) is 98.7 Å². The van der Waals surface area contributed by atoms with Crippen LogP contribution in [0.2, 0.25) is 0 Å². The van der Waals surface area contributed by atoms with Gasteiger partial charge in [-0.25, -0.2) is 0 Å². The first kappa shape index (κ1) is 24.5. The predicted molar refractivity (Wildman–Crippen MR) is 133 cm³/mol. The summed E-state index contributed by atoms with van der Waals surface area (Å²) in [5, 5.41) is 20.7. The minimum atomic E-state index is -0.711. The molecule has 8 atom stereocenters. The Kier molecular flexibility index (Phi) is 5.20. The zero-order chi connectivity index (χ0) is 24.9. The number of carbonyl (C=O) groups is 2. The van der Waals surface area contributed by atoms with Crippen LogP contribution in [-0.4, -0.2) is 28.6 Å². The summed E-state index contributed by atoms with van der Waals surface area (Å²) in [5.41, 5.74) is 0.661. The first-order chi connectivity index (χ1) is 15.7. The van der Waals surface area contributed by atoms with Crippen LogP contribution in [0.1, 0.15) is 106 Å². The highest BCUT2D eigenvalue weighted by Gasteiger charge is 2.68. The highest BCUT2D eigenvalue weighted by atomic mass is 16.4. The molecule has 4 saturated carbocycles. The van der Waals surface area contributed by atoms with Crippen molar-refractivity contribution in [1.82, 2.24) is 0 Å². The van der Waals surface area contributed by atoms with Crippen molar-refractivity contribution in [3.05, 3.63) is 11.6 Å². The molecule has 0 aromatic rings. The molecule has 0 radical (unpaired) electrons. The Morgan fingerprint density at radius 3 is 2.29 bits per heavy atom. The predicted octanol–water partition coefficient (Wildman–Crippen LogP) is 6.41. The molecule has 0 bridgehead atoms. The highest BCUT2D eigenvalue weighted by molar-refractivity contribution is 5.85. The number of hydrogen-bond donors (Lipinski definition) is 2. The summed E-state index contributed by atoms with van der Waals surface area (Å²) in [6, 6.07) is 0. The third kappa shape index (κ3) is 2.81. The van der Waals surface area contributed by atoms with Gasteiger partial charge in [0.2, 0.25) is 0 Å². The summed E-state index contributed by atoms with van der Waals surface area (Å²) >= 11 is 0. The van der Waals surface area contributed by atoms with Crippen molar-refractivity contribution < 1.29 is 19.8 Å². The van der Waals surface area contributed by atoms with E-state index in [1.807, 2.05) is 6.92 Å². The maximum absolute atomic E-state index is 12.9. The lowest BCUT2D eigenvalue weighted by Gasteiger charge is -2.70. The zero-order valence-corrected chi connectivity index (χ0v) is 22.3. The molecule has 0 heterocycles. The van der Waals surface area contributed by atoms with E-state index in [0.717, 1.165) is 44.9 Å². The van der Waals surface area contributed by atoms with E-state index in [9.17, 15) is 19.8 Å². The minimum Gasteiger partial charge on any atom is -0.481 e. The van der Waals surface area contributed by atoms with Crippen LogP contribution in [0.25, 0.3) is 0 Å². The van der Waals surface area contributed by atoms with E-state index < -0.39 is 11.4 Å². The van der Waals surface area contributed by atoms with Crippen LogP contribution < -0.4 is 0 Å². The van der Waals surface area contributed by atoms with Gasteiger partial charge in [-0.1, -0.05) is 46.3 Å². The second kappa shape index (κ2) is 7.20. The molecule has 5 aliphatic rings. The van der Waals surface area contributed by atoms with E-state index >= 15 is 0 Å². The molecule has 5 aliphatic carbocycles. The van der Waals surface area contributed by atoms with Crippen LogP contribution in [0.5, 0.6) is 0 Å². The van der Waals surface area contributed by atoms with Crippen molar-refractivity contribution in [2.45, 2.75) is 106 Å². The molecule has 0 aromatic carbocycles. The number of aliphatic hydroxyl groups excluding tert-OH is 1. The maximum atomic E-state index is 12.9. The van der Waals surface area contributed by atoms with Crippen molar-refractivity contribution >= 4 is 11.8 Å². The molecular formula is C30H46O4. The standard InChI is InChI=1S/C30H46O4/c1-25(2)21-9-12-29(6)22(27(21,4)11-10-23(25)32)8-7-19-20-17-26(3,24(33)34)13-15-30(20,18-31)16-14-28(19,29)5/h7,20-22,31H,8-18H2,1-6H3,(H,33,34)/t20-,21-,22-,26-,27+,28-,29-,30-/m1/s1. The largest absolute Gasteiger partial charge is 0.481 e. The van der Waals surface area contributed by atoms with Crippen LogP contribution in [0.4, 0.5) is 0 Å². The number of Topliss-reactive ketones (excluding diaryl/α,β-unsaturated/α-hetero) is 1. The number of hydrogen-bond acceptors (Lipinski definition) is 3. The van der Waals surface area contributed by atoms with Crippen molar-refractivity contribution in [1.29, 1.82) is 0 Å². The summed E-state index contributed by atoms with van der Waals surface area (Å²) in [6.07, 6.45) is 11.7. The molecule has 0 unspecified atom stereocenters. The SMILES string of the molecule is CC1(C)C(=O)CC[C@@]2(C)[C@@H]1CC[C@]1(C)[C@@H]2CC=C2[C@H]3C[C@](C)(C(=O)O)CC[C@]3(CO)CC[C@]21C. The van der Waals surface area contributed by atoms with Crippen LogP contribution in [0, 0.1) is 50.2 Å². The van der Waals surface area contributed by atoms with Crippen LogP contribution in [-0.2, 0) is 9.59 Å². The minimum absolute atomic E-state index is 0.0234. The monoisotopic (exact) mass is 470 g/mol. The van der Waals surface area contributed by atoms with E-state index in [2.05, 4.69) is 40.7 Å². The molecule has 0 saturated heterocycles. The summed E-state index contributed by atoms with van der Waals surface area (Å²) < 4.78 is 0. The molecule has 5 rings (SSSR count). The van der Waals surface area contributed by atoms with Gasteiger partial charge in [-0.3, -0.25) is 9.59 Å². The number of carbonyl (C=O) groups excluding carboxylic acids is 1. The lowest BCUT2D eigenvalue weighted by molar-refractivity contribution is -0.188. The molecule has 34 heavy (non-hydrogen) atoms. The Labute approximate surface area is 206 Å². The Balaban J connectivity index is 1.59. The van der Waals surface area contributed by atoms with E-state index in [1.54, 1.807) is 0 Å². The number of allylic oxidation sites excluding steroid dienone is 2. The number of ketones is 1. The second-order valence-corrected chi connectivity index (χ2v) is 14.6. The Morgan fingerprint density at radius 1 is 0.971 bits per heavy atom. The van der Waals surface area contributed by atoms with E-state index in [-0.39, 0.29) is 39.6 Å². The normalized spacial score (nSPS) is 51.9. The lowest BCUT2D eigenvalue weighted by atomic mass is 9.33. The summed E-state index contributed by atoms with van der Waals surface area (Å²) in [7, 11) is 0. The molecular weight excluding hydrogens is 424 g/mol. The maximum Gasteiger partial charge on any atom is 0.309 e. The average Bonchev–Trinajstić information content (AvgIpc) is 2.77. The van der Waals surface area contributed by atoms with Crippen molar-refractivity contribution in [3.63, 3.8) is 0 Å². The van der Waals surface area contributed by atoms with Crippen LogP contribution in [0.3, 0.4) is 0 Å². The second-order valence-electron chi connectivity index (χ2n) is 14.6. The fraction of sp³-hybridized carbons (Fsp3) is 0.867. The van der Waals surface area contributed by atoms with E-state index in [4.69, 9.17) is 0 Å². The van der Waals surface area contributed by atoms with Gasteiger partial charge in [0.15, 0.2) is 0 Å². The van der Waals surface area contributed by atoms with Gasteiger partial charge in [0.25, 0.3) is 0 Å². The fourth-order valence-electron chi connectivity index (χ4n) is 10.5. The lowest BCUT2D eigenvalue weighted by Crippen LogP contribution is -2.64. The van der Waals surface area contributed by atoms with Gasteiger partial charge in [0.05, 0.1) is 5.41 Å². The first-order valence-electron chi connectivity index (χ1n) is 13.8. The molecule has 4 heteroatoms. The zero-order valence-electron chi connectivity index (χ0n) is 22.3. The smallest absolute Gasteiger partial charge is 0.309 e. The molecule has 2 N–H and O–H groups in total. The third-order valence-electron chi connectivity index (χ3n) is 13.2. The molecule has 0 aromatic heterocycles. The van der Waals surface area contributed by atoms with E-state index in [0.29, 0.717) is 36.9 Å². The van der Waals surface area contributed by atoms with Crippen LogP contribution in [0.15, 0.2) is 11.6 Å². The van der Waals surface area contributed by atoms with Gasteiger partial charge in [-0.2, -0.15) is 0 Å². The Hall–Kier alpha value is -1.16. The summed E-state index contributed by atoms with van der Waals surface area (Å²) in [5.74, 6) is 0.879. The fourth-order valence-corrected chi connectivity index (χ4v) is 10.5. The number of aliphatic carboxylic acids is 1. The van der Waals surface area contributed by atoms with Gasteiger partial charge in [-0.15, -0.1) is 0 Å². The molecule has 0 amide bonds. The molecule has 4 fully saturated rings. The molecule has 0 aliphatic heterocycles. The molecule has 190 valence electrons. The van der Waals surface area contributed by atoms with Gasteiger partial charge in [0, 0.05) is 23.9 Å². The quantitative estimate of drug-likeness (QED) is 0.457. The van der Waals surface area contributed by atoms with Gasteiger partial charge >= 0.3 is 5.97 Å². The third-order valence-corrected chi connectivity index (χ3v) is 13.2. The number of carboxylic acid groups (broad SMARTS) is 1. The first-order valence-corrected chi connectivity index (χ1v) is 13.8. The van der Waals surface area contributed by atoms with Crippen molar-refractivity contribution in [2.24, 2.45) is 50.2 Å². The van der Waals surface area contributed by atoms with Gasteiger partial charge < -0.3 is 10.2 Å². The van der Waals surface area contributed by atoms with Crippen molar-refractivity contribution in [3.8, 4) is 0 Å². The number of carboxylic acids is 1. The number of fused-ring (bicyclic) bond motifs is 7. The van der Waals surface area contributed by atoms with Crippen molar-refractivity contribution in [2.75, 3.05) is 6.61 Å². The summed E-state index contributed by atoms with van der Waals surface area (Å²) in [6.45, 7) is 14.0. The van der Waals surface area contributed by atoms with Gasteiger partial charge in [0.1, 0.15) is 5.78 Å². The highest BCUT2D eigenvalue weighted by Crippen LogP contribution is 2.75. The average molecular weight is 471 g/mol. The van der Waals surface area contributed by atoms with Crippen LogP contribution >= 0.6 is 0 Å². The molecule has 0 spiro atoms. The number of aliphatic hydroxyl groups is 1. The Morgan fingerprint density at radius 2 is 1.65 bits per heavy atom. The van der Waals surface area contributed by atoms with E-state index in [1.165, 1.54) is 5.57 Å². The molecule has 4 nitrogen and oxygen atoms in total. The topological polar surface area (TPSA) is 74.6 Å². The Bertz CT molecular complexity index is 949. The summed E-state index contributed by atoms with van der Waals surface area (Å²) in [4.78, 5) is 25.2.